The minimum Gasteiger partial charge on any atom is -0.468 e. The highest BCUT2D eigenvalue weighted by atomic mass is 19.4. The van der Waals surface area contributed by atoms with Gasteiger partial charge in [-0.15, -0.1) is 0 Å². The van der Waals surface area contributed by atoms with E-state index in [1.54, 1.807) is 11.8 Å². The molecule has 0 unspecified atom stereocenters. The van der Waals surface area contributed by atoms with Crippen molar-refractivity contribution in [2.24, 2.45) is 5.92 Å². The number of carbonyl (C=O) groups is 1. The van der Waals surface area contributed by atoms with Crippen molar-refractivity contribution in [1.82, 2.24) is 4.90 Å². The van der Waals surface area contributed by atoms with Crippen molar-refractivity contribution >= 4 is 5.97 Å². The molecule has 0 bridgehead atoms. The van der Waals surface area contributed by atoms with Gasteiger partial charge in [0.15, 0.2) is 0 Å². The molecule has 1 N–H and O–H groups in total. The standard InChI is InChI=1S/C17H22F3NO3/c1-11(22)12-7-9-21(10-8-12)15(16(23)24-2)13-5-3-4-6-14(13)17(18,19)20/h3-6,11-12,15,22H,7-10H2,1-2H3/t11-,15-/m0/s1. The van der Waals surface area contributed by atoms with Crippen molar-refractivity contribution in [2.75, 3.05) is 20.2 Å². The lowest BCUT2D eigenvalue weighted by molar-refractivity contribution is -0.149. The summed E-state index contributed by atoms with van der Waals surface area (Å²) >= 11 is 0. The third-order valence-corrected chi connectivity index (χ3v) is 4.61. The molecule has 0 amide bonds. The van der Waals surface area contributed by atoms with Gasteiger partial charge in [-0.1, -0.05) is 18.2 Å². The first-order valence-electron chi connectivity index (χ1n) is 7.91. The van der Waals surface area contributed by atoms with Crippen LogP contribution in [0.5, 0.6) is 0 Å². The van der Waals surface area contributed by atoms with Crippen LogP contribution in [0.3, 0.4) is 0 Å². The topological polar surface area (TPSA) is 49.8 Å². The number of likely N-dealkylation sites (tertiary alicyclic amines) is 1. The number of aliphatic hydroxyl groups excluding tert-OH is 1. The number of nitrogens with zero attached hydrogens (tertiary/aromatic N) is 1. The SMILES string of the molecule is COC(=O)[C@H](c1ccccc1C(F)(F)F)N1CCC([C@H](C)O)CC1. The maximum atomic E-state index is 13.3. The molecule has 0 spiro atoms. The van der Waals surface area contributed by atoms with Gasteiger partial charge in [-0.25, -0.2) is 4.79 Å². The van der Waals surface area contributed by atoms with Gasteiger partial charge >= 0.3 is 12.1 Å². The van der Waals surface area contributed by atoms with Crippen molar-refractivity contribution in [3.63, 3.8) is 0 Å². The second-order valence-electron chi connectivity index (χ2n) is 6.12. The first kappa shape index (κ1) is 18.7. The summed E-state index contributed by atoms with van der Waals surface area (Å²) in [6.45, 7) is 2.57. The minimum atomic E-state index is -4.54. The molecule has 24 heavy (non-hydrogen) atoms. The highest BCUT2D eigenvalue weighted by Gasteiger charge is 2.40. The molecular formula is C17H22F3NO3. The summed E-state index contributed by atoms with van der Waals surface area (Å²) in [5.41, 5.74) is -0.912. The van der Waals surface area contributed by atoms with E-state index < -0.39 is 29.9 Å². The molecule has 1 aliphatic rings. The number of aliphatic hydroxyl groups is 1. The van der Waals surface area contributed by atoms with Crippen molar-refractivity contribution < 1.29 is 27.8 Å². The number of ether oxygens (including phenoxy) is 1. The zero-order valence-electron chi connectivity index (χ0n) is 13.7. The average Bonchev–Trinajstić information content (AvgIpc) is 2.55. The number of piperidine rings is 1. The molecule has 2 atom stereocenters. The van der Waals surface area contributed by atoms with Crippen molar-refractivity contribution in [3.05, 3.63) is 35.4 Å². The molecule has 0 radical (unpaired) electrons. The fourth-order valence-electron chi connectivity index (χ4n) is 3.24. The van der Waals surface area contributed by atoms with Crippen LogP contribution in [-0.4, -0.2) is 42.3 Å². The number of esters is 1. The number of hydrogen-bond acceptors (Lipinski definition) is 4. The molecule has 1 saturated heterocycles. The molecule has 2 rings (SSSR count). The molecule has 4 nitrogen and oxygen atoms in total. The predicted octanol–water partition coefficient (Wildman–Crippen LogP) is 3.01. The van der Waals surface area contributed by atoms with E-state index in [-0.39, 0.29) is 11.5 Å². The average molecular weight is 345 g/mol. The van der Waals surface area contributed by atoms with Crippen LogP contribution in [0.1, 0.15) is 36.9 Å². The van der Waals surface area contributed by atoms with E-state index in [0.717, 1.165) is 6.07 Å². The second kappa shape index (κ2) is 7.53. The third-order valence-electron chi connectivity index (χ3n) is 4.61. The highest BCUT2D eigenvalue weighted by molar-refractivity contribution is 5.78. The summed E-state index contributed by atoms with van der Waals surface area (Å²) in [6.07, 6.45) is -3.76. The predicted molar refractivity (Wildman–Crippen MR) is 82.2 cm³/mol. The third kappa shape index (κ3) is 4.08. The lowest BCUT2D eigenvalue weighted by atomic mass is 9.89. The molecule has 0 aliphatic carbocycles. The monoisotopic (exact) mass is 345 g/mol. The van der Waals surface area contributed by atoms with Crippen molar-refractivity contribution in [2.45, 2.75) is 38.1 Å². The first-order chi connectivity index (χ1) is 11.3. The molecule has 0 saturated carbocycles. The molecule has 1 fully saturated rings. The molecule has 1 aromatic carbocycles. The number of benzene rings is 1. The van der Waals surface area contributed by atoms with Crippen LogP contribution in [0.15, 0.2) is 24.3 Å². The fraction of sp³-hybridized carbons (Fsp3) is 0.588. The summed E-state index contributed by atoms with van der Waals surface area (Å²) in [5, 5.41) is 9.67. The Morgan fingerprint density at radius 2 is 1.88 bits per heavy atom. The van der Waals surface area contributed by atoms with Gasteiger partial charge in [-0.2, -0.15) is 13.2 Å². The van der Waals surface area contributed by atoms with E-state index in [1.165, 1.54) is 25.3 Å². The quantitative estimate of drug-likeness (QED) is 0.853. The molecule has 1 aromatic rings. The Bertz CT molecular complexity index is 566. The lowest BCUT2D eigenvalue weighted by Crippen LogP contribution is -2.43. The Kier molecular flexibility index (Phi) is 5.87. The molecule has 0 aromatic heterocycles. The van der Waals surface area contributed by atoms with Crippen LogP contribution in [0.4, 0.5) is 13.2 Å². The van der Waals surface area contributed by atoms with Crippen molar-refractivity contribution in [3.8, 4) is 0 Å². The molecular weight excluding hydrogens is 323 g/mol. The summed E-state index contributed by atoms with van der Waals surface area (Å²) < 4.78 is 44.7. The lowest BCUT2D eigenvalue weighted by Gasteiger charge is -2.37. The van der Waals surface area contributed by atoms with Gasteiger partial charge in [-0.3, -0.25) is 4.90 Å². The van der Waals surface area contributed by atoms with Crippen LogP contribution in [-0.2, 0) is 15.7 Å². The van der Waals surface area contributed by atoms with Gasteiger partial charge in [0.1, 0.15) is 6.04 Å². The van der Waals surface area contributed by atoms with E-state index in [4.69, 9.17) is 4.74 Å². The highest BCUT2D eigenvalue weighted by Crippen LogP contribution is 2.38. The summed E-state index contributed by atoms with van der Waals surface area (Å²) in [5.74, 6) is -0.611. The summed E-state index contributed by atoms with van der Waals surface area (Å²) in [4.78, 5) is 13.9. The first-order valence-corrected chi connectivity index (χ1v) is 7.91. The number of carbonyl (C=O) groups excluding carboxylic acids is 1. The second-order valence-corrected chi connectivity index (χ2v) is 6.12. The van der Waals surface area contributed by atoms with Gasteiger partial charge in [0.25, 0.3) is 0 Å². The zero-order chi connectivity index (χ0) is 17.9. The van der Waals surface area contributed by atoms with Gasteiger partial charge in [-0.05, 0) is 50.4 Å². The zero-order valence-corrected chi connectivity index (χ0v) is 13.7. The van der Waals surface area contributed by atoms with Gasteiger partial charge in [0, 0.05) is 0 Å². The van der Waals surface area contributed by atoms with Crippen LogP contribution >= 0.6 is 0 Å². The Labute approximate surface area is 139 Å². The van der Waals surface area contributed by atoms with Gasteiger partial charge in [0.2, 0.25) is 0 Å². The van der Waals surface area contributed by atoms with E-state index in [0.29, 0.717) is 25.9 Å². The number of alkyl halides is 3. The van der Waals surface area contributed by atoms with Crippen LogP contribution in [0.2, 0.25) is 0 Å². The summed E-state index contributed by atoms with van der Waals surface area (Å²) in [6, 6.07) is 4.00. The van der Waals surface area contributed by atoms with Crippen LogP contribution in [0.25, 0.3) is 0 Å². The molecule has 7 heteroatoms. The smallest absolute Gasteiger partial charge is 0.416 e. The normalized spacial score (nSPS) is 19.8. The largest absolute Gasteiger partial charge is 0.468 e. The molecule has 1 heterocycles. The van der Waals surface area contributed by atoms with Gasteiger partial charge in [0.05, 0.1) is 18.8 Å². The maximum Gasteiger partial charge on any atom is 0.416 e. The maximum absolute atomic E-state index is 13.3. The van der Waals surface area contributed by atoms with E-state index in [1.807, 2.05) is 0 Å². The summed E-state index contributed by atoms with van der Waals surface area (Å²) in [7, 11) is 1.17. The van der Waals surface area contributed by atoms with E-state index in [2.05, 4.69) is 0 Å². The van der Waals surface area contributed by atoms with E-state index in [9.17, 15) is 23.1 Å². The Balaban J connectivity index is 2.33. The minimum absolute atomic E-state index is 0.0904. The fourth-order valence-corrected chi connectivity index (χ4v) is 3.24. The Morgan fingerprint density at radius 3 is 2.38 bits per heavy atom. The molecule has 134 valence electrons. The van der Waals surface area contributed by atoms with Crippen LogP contribution in [0, 0.1) is 5.92 Å². The number of halogens is 3. The van der Waals surface area contributed by atoms with Crippen molar-refractivity contribution in [1.29, 1.82) is 0 Å². The number of hydrogen-bond donors (Lipinski definition) is 1. The number of methoxy groups -OCH3 is 1. The Hall–Kier alpha value is -1.60. The van der Waals surface area contributed by atoms with Gasteiger partial charge < -0.3 is 9.84 Å². The Morgan fingerprint density at radius 1 is 1.29 bits per heavy atom. The molecule has 1 aliphatic heterocycles. The van der Waals surface area contributed by atoms with Crippen LogP contribution < -0.4 is 0 Å². The number of rotatable bonds is 4. The van der Waals surface area contributed by atoms with E-state index >= 15 is 0 Å².